The molecule has 4 heterocycles. The van der Waals surface area contributed by atoms with E-state index in [-0.39, 0.29) is 18.3 Å². The van der Waals surface area contributed by atoms with E-state index in [2.05, 4.69) is 20.2 Å². The van der Waals surface area contributed by atoms with E-state index in [1.54, 1.807) is 23.2 Å². The Labute approximate surface area is 157 Å². The Bertz CT molecular complexity index is 1050. The Kier molecular flexibility index (Phi) is 4.52. The number of fused-ring (bicyclic) bond motifs is 1. The minimum absolute atomic E-state index is 0.118. The lowest BCUT2D eigenvalue weighted by Gasteiger charge is -2.17. The van der Waals surface area contributed by atoms with Crippen molar-refractivity contribution in [3.8, 4) is 11.5 Å². The Morgan fingerprint density at radius 3 is 2.86 bits per heavy atom. The first-order chi connectivity index (χ1) is 13.6. The van der Waals surface area contributed by atoms with Crippen LogP contribution in [-0.2, 0) is 6.54 Å². The second-order valence-corrected chi connectivity index (χ2v) is 6.03. The number of carbonyl (C=O) groups excluding carboxylic acids is 1. The molecule has 0 saturated heterocycles. The summed E-state index contributed by atoms with van der Waals surface area (Å²) in [7, 11) is 0. The van der Waals surface area contributed by atoms with Crippen molar-refractivity contribution in [3.05, 3.63) is 65.7 Å². The summed E-state index contributed by atoms with van der Waals surface area (Å²) in [6.45, 7) is 0.554. The summed E-state index contributed by atoms with van der Waals surface area (Å²) in [5.41, 5.74) is 8.31. The van der Waals surface area contributed by atoms with Crippen LogP contribution in [0.1, 0.15) is 34.1 Å². The van der Waals surface area contributed by atoms with Gasteiger partial charge in [0.15, 0.2) is 0 Å². The average molecular weight is 384 g/mol. The maximum atomic E-state index is 12.8. The summed E-state index contributed by atoms with van der Waals surface area (Å²) in [6, 6.07) is 6.94. The van der Waals surface area contributed by atoms with Gasteiger partial charge in [-0.2, -0.15) is 8.78 Å². The number of rotatable bonds is 5. The number of halogens is 2. The van der Waals surface area contributed by atoms with Gasteiger partial charge < -0.3 is 15.1 Å². The lowest BCUT2D eigenvalue weighted by Crippen LogP contribution is -2.26. The quantitative estimate of drug-likeness (QED) is 0.719. The molecule has 0 saturated carbocycles. The van der Waals surface area contributed by atoms with Crippen LogP contribution in [0, 0.1) is 0 Å². The first-order valence-electron chi connectivity index (χ1n) is 8.29. The molecule has 1 aliphatic heterocycles. The van der Waals surface area contributed by atoms with Gasteiger partial charge in [0.25, 0.3) is 11.8 Å². The highest BCUT2D eigenvalue weighted by Crippen LogP contribution is 2.28. The molecule has 0 atom stereocenters. The summed E-state index contributed by atoms with van der Waals surface area (Å²) in [5.74, 6) is -1.15. The largest absolute Gasteiger partial charge is 0.415 e. The highest BCUT2D eigenvalue weighted by molar-refractivity contribution is 5.99. The fourth-order valence-corrected chi connectivity index (χ4v) is 2.89. The van der Waals surface area contributed by atoms with Crippen LogP contribution < -0.4 is 5.73 Å². The minimum Gasteiger partial charge on any atom is -0.415 e. The van der Waals surface area contributed by atoms with Crippen molar-refractivity contribution < 1.29 is 18.0 Å². The van der Waals surface area contributed by atoms with E-state index in [4.69, 9.17) is 10.2 Å². The van der Waals surface area contributed by atoms with Gasteiger partial charge in [-0.3, -0.25) is 14.8 Å². The molecule has 1 aliphatic rings. The zero-order valence-corrected chi connectivity index (χ0v) is 14.4. The molecule has 2 N–H and O–H groups in total. The normalized spacial score (nSPS) is 14.0. The van der Waals surface area contributed by atoms with Gasteiger partial charge in [0, 0.05) is 30.7 Å². The molecule has 0 radical (unpaired) electrons. The van der Waals surface area contributed by atoms with E-state index in [9.17, 15) is 13.6 Å². The summed E-state index contributed by atoms with van der Waals surface area (Å²) in [6.07, 6.45) is 1.61. The molecular weight excluding hydrogens is 370 g/mol. The van der Waals surface area contributed by atoms with Crippen molar-refractivity contribution in [2.75, 3.05) is 6.54 Å². The monoisotopic (exact) mass is 384 g/mol. The van der Waals surface area contributed by atoms with Gasteiger partial charge in [-0.05, 0) is 18.2 Å². The number of carbonyl (C=O) groups is 1. The molecule has 1 amide bonds. The number of pyridine rings is 2. The van der Waals surface area contributed by atoms with Crippen LogP contribution in [0.2, 0.25) is 0 Å². The van der Waals surface area contributed by atoms with E-state index in [0.29, 0.717) is 34.6 Å². The summed E-state index contributed by atoms with van der Waals surface area (Å²) in [5, 5.41) is 6.87. The highest BCUT2D eigenvalue weighted by Gasteiger charge is 2.30. The molecule has 3 aromatic rings. The third-order valence-corrected chi connectivity index (χ3v) is 4.26. The maximum Gasteiger partial charge on any atom is 0.314 e. The molecule has 8 nitrogen and oxygen atoms in total. The molecule has 0 spiro atoms. The van der Waals surface area contributed by atoms with Crippen LogP contribution >= 0.6 is 0 Å². The second-order valence-electron chi connectivity index (χ2n) is 6.03. The number of hydrogen-bond donors (Lipinski definition) is 1. The van der Waals surface area contributed by atoms with E-state index >= 15 is 0 Å². The minimum atomic E-state index is -2.87. The number of hydrogen-bond acceptors (Lipinski definition) is 7. The third-order valence-electron chi connectivity index (χ3n) is 4.26. The average Bonchev–Trinajstić information content (AvgIpc) is 3.32. The van der Waals surface area contributed by atoms with Gasteiger partial charge in [0.05, 0.1) is 29.1 Å². The van der Waals surface area contributed by atoms with E-state index in [1.807, 2.05) is 6.07 Å². The number of aromatic nitrogens is 4. The smallest absolute Gasteiger partial charge is 0.314 e. The van der Waals surface area contributed by atoms with Gasteiger partial charge in [-0.15, -0.1) is 10.2 Å². The molecule has 0 fully saturated rings. The topological polar surface area (TPSA) is 111 Å². The summed E-state index contributed by atoms with van der Waals surface area (Å²) >= 11 is 0. The molecule has 0 bridgehead atoms. The fraction of sp³-hybridized carbons (Fsp3) is 0.167. The SMILES string of the molecule is NC=C(CN1Cc2ncc(-c3nnc(C(F)F)o3)cc2C1=O)c1ccccn1. The molecule has 0 aliphatic carbocycles. The molecule has 0 unspecified atom stereocenters. The lowest BCUT2D eigenvalue weighted by atomic mass is 10.1. The van der Waals surface area contributed by atoms with Crippen LogP contribution in [0.15, 0.2) is 47.3 Å². The maximum absolute atomic E-state index is 12.8. The van der Waals surface area contributed by atoms with Crippen LogP contribution in [0.5, 0.6) is 0 Å². The third kappa shape index (κ3) is 3.20. The van der Waals surface area contributed by atoms with Crippen molar-refractivity contribution in [2.24, 2.45) is 5.73 Å². The van der Waals surface area contributed by atoms with Crippen LogP contribution in [-0.4, -0.2) is 37.5 Å². The zero-order valence-electron chi connectivity index (χ0n) is 14.4. The molecule has 142 valence electrons. The molecule has 10 heteroatoms. The van der Waals surface area contributed by atoms with Crippen molar-refractivity contribution in [2.45, 2.75) is 13.0 Å². The zero-order chi connectivity index (χ0) is 19.7. The first-order valence-corrected chi connectivity index (χ1v) is 8.29. The van der Waals surface area contributed by atoms with Gasteiger partial charge >= 0.3 is 6.43 Å². The van der Waals surface area contributed by atoms with E-state index < -0.39 is 12.3 Å². The Balaban J connectivity index is 1.57. The van der Waals surface area contributed by atoms with Crippen LogP contribution in [0.3, 0.4) is 0 Å². The summed E-state index contributed by atoms with van der Waals surface area (Å²) < 4.78 is 30.2. The Morgan fingerprint density at radius 1 is 1.32 bits per heavy atom. The number of nitrogens with zero attached hydrogens (tertiary/aromatic N) is 5. The van der Waals surface area contributed by atoms with Gasteiger partial charge in [0.2, 0.25) is 5.89 Å². The molecule has 0 aromatic carbocycles. The molecule has 3 aromatic heterocycles. The Hall–Kier alpha value is -3.69. The predicted molar refractivity (Wildman–Crippen MR) is 93.6 cm³/mol. The number of amides is 1. The highest BCUT2D eigenvalue weighted by atomic mass is 19.3. The van der Waals surface area contributed by atoms with Crippen molar-refractivity contribution in [1.29, 1.82) is 0 Å². The lowest BCUT2D eigenvalue weighted by molar-refractivity contribution is 0.0798. The standard InChI is InChI=1S/C18H14F2N6O2/c19-15(20)17-25-24-16(28-17)10-5-12-14(23-7-10)9-26(18(12)27)8-11(6-21)13-3-1-2-4-22-13/h1-7,15H,8-9,21H2. The number of alkyl halides is 2. The molecule has 4 rings (SSSR count). The number of nitrogens with two attached hydrogens (primary N) is 1. The van der Waals surface area contributed by atoms with E-state index in [1.165, 1.54) is 18.5 Å². The first kappa shape index (κ1) is 17.7. The van der Waals surface area contributed by atoms with Gasteiger partial charge in [-0.1, -0.05) is 6.07 Å². The van der Waals surface area contributed by atoms with Crippen molar-refractivity contribution in [1.82, 2.24) is 25.1 Å². The van der Waals surface area contributed by atoms with Crippen molar-refractivity contribution >= 4 is 11.5 Å². The Morgan fingerprint density at radius 2 is 2.18 bits per heavy atom. The van der Waals surface area contributed by atoms with Gasteiger partial charge in [0.1, 0.15) is 0 Å². The second kappa shape index (κ2) is 7.14. The van der Waals surface area contributed by atoms with Crippen molar-refractivity contribution in [3.63, 3.8) is 0 Å². The van der Waals surface area contributed by atoms with Crippen LogP contribution in [0.4, 0.5) is 8.78 Å². The van der Waals surface area contributed by atoms with E-state index in [0.717, 1.165) is 0 Å². The summed E-state index contributed by atoms with van der Waals surface area (Å²) in [4.78, 5) is 22.9. The predicted octanol–water partition coefficient (Wildman–Crippen LogP) is 2.42. The fourth-order valence-electron chi connectivity index (χ4n) is 2.89. The van der Waals surface area contributed by atoms with Gasteiger partial charge in [-0.25, -0.2) is 0 Å². The molecular formula is C18H14F2N6O2. The van der Waals surface area contributed by atoms with Crippen LogP contribution in [0.25, 0.3) is 17.0 Å². The molecule has 28 heavy (non-hydrogen) atoms.